The van der Waals surface area contributed by atoms with Crippen LogP contribution in [0.4, 0.5) is 18.9 Å². The fourth-order valence-electron chi connectivity index (χ4n) is 1.73. The number of anilines is 1. The maximum atomic E-state index is 12.5. The van der Waals surface area contributed by atoms with E-state index in [1.165, 1.54) is 29.2 Å². The number of carbonyl (C=O) groups is 1. The standard InChI is InChI=1S/C13H13F3N4O/c14-13(15,16)10-3-1-2-9(4-10)5-18-12(21)8-20-7-11(17)6-19-20/h1-4,6-7H,5,8,17H2,(H,18,21). The van der Waals surface area contributed by atoms with Gasteiger partial charge in [0.1, 0.15) is 6.54 Å². The summed E-state index contributed by atoms with van der Waals surface area (Å²) in [5, 5.41) is 6.37. The second kappa shape index (κ2) is 5.86. The van der Waals surface area contributed by atoms with E-state index in [0.717, 1.165) is 12.1 Å². The molecule has 0 aliphatic heterocycles. The van der Waals surface area contributed by atoms with Crippen molar-refractivity contribution in [3.05, 3.63) is 47.8 Å². The molecule has 0 radical (unpaired) electrons. The smallest absolute Gasteiger partial charge is 0.396 e. The molecule has 0 aliphatic carbocycles. The summed E-state index contributed by atoms with van der Waals surface area (Å²) in [5.41, 5.74) is 5.52. The first kappa shape index (κ1) is 14.9. The minimum atomic E-state index is -4.40. The second-order valence-corrected chi connectivity index (χ2v) is 4.45. The highest BCUT2D eigenvalue weighted by atomic mass is 19.4. The van der Waals surface area contributed by atoms with Crippen molar-refractivity contribution in [2.75, 3.05) is 5.73 Å². The first-order valence-electron chi connectivity index (χ1n) is 6.05. The molecular formula is C13H13F3N4O. The maximum Gasteiger partial charge on any atom is 0.416 e. The van der Waals surface area contributed by atoms with Gasteiger partial charge in [0.05, 0.1) is 17.4 Å². The molecule has 0 unspecified atom stereocenters. The van der Waals surface area contributed by atoms with Crippen molar-refractivity contribution >= 4 is 11.6 Å². The molecule has 2 rings (SSSR count). The number of aromatic nitrogens is 2. The van der Waals surface area contributed by atoms with Gasteiger partial charge in [-0.15, -0.1) is 0 Å². The quantitative estimate of drug-likeness (QED) is 0.904. The third-order valence-electron chi connectivity index (χ3n) is 2.70. The molecule has 1 aromatic heterocycles. The molecule has 0 aliphatic rings. The van der Waals surface area contributed by atoms with E-state index in [0.29, 0.717) is 11.3 Å². The number of alkyl halides is 3. The first-order chi connectivity index (χ1) is 9.84. The highest BCUT2D eigenvalue weighted by Crippen LogP contribution is 2.29. The summed E-state index contributed by atoms with van der Waals surface area (Å²) in [5.74, 6) is -0.365. The Kier molecular flexibility index (Phi) is 4.15. The monoisotopic (exact) mass is 298 g/mol. The van der Waals surface area contributed by atoms with Crippen molar-refractivity contribution in [3.8, 4) is 0 Å². The molecule has 1 aromatic carbocycles. The molecule has 1 heterocycles. The third kappa shape index (κ3) is 4.23. The number of hydrogen-bond acceptors (Lipinski definition) is 3. The summed E-state index contributed by atoms with van der Waals surface area (Å²) >= 11 is 0. The van der Waals surface area contributed by atoms with Gasteiger partial charge in [0.2, 0.25) is 5.91 Å². The molecule has 1 amide bonds. The molecule has 0 saturated carbocycles. The second-order valence-electron chi connectivity index (χ2n) is 4.45. The molecule has 112 valence electrons. The van der Waals surface area contributed by atoms with Crippen LogP contribution >= 0.6 is 0 Å². The van der Waals surface area contributed by atoms with Crippen LogP contribution in [0.5, 0.6) is 0 Å². The molecule has 0 atom stereocenters. The normalized spacial score (nSPS) is 11.4. The number of rotatable bonds is 4. The Labute approximate surface area is 118 Å². The van der Waals surface area contributed by atoms with Crippen LogP contribution in [0.1, 0.15) is 11.1 Å². The number of benzene rings is 1. The number of hydrogen-bond donors (Lipinski definition) is 2. The van der Waals surface area contributed by atoms with Gasteiger partial charge in [0, 0.05) is 12.7 Å². The van der Waals surface area contributed by atoms with Crippen LogP contribution in [-0.2, 0) is 24.1 Å². The number of amides is 1. The van der Waals surface area contributed by atoms with Crippen LogP contribution < -0.4 is 11.1 Å². The topological polar surface area (TPSA) is 72.9 Å². The maximum absolute atomic E-state index is 12.5. The predicted molar refractivity (Wildman–Crippen MR) is 69.9 cm³/mol. The Hall–Kier alpha value is -2.51. The Morgan fingerprint density at radius 3 is 2.76 bits per heavy atom. The van der Waals surface area contributed by atoms with Gasteiger partial charge in [-0.3, -0.25) is 9.48 Å². The van der Waals surface area contributed by atoms with E-state index < -0.39 is 11.7 Å². The lowest BCUT2D eigenvalue weighted by Crippen LogP contribution is -2.27. The summed E-state index contributed by atoms with van der Waals surface area (Å²) in [4.78, 5) is 11.6. The number of nitrogens with zero attached hydrogens (tertiary/aromatic N) is 2. The lowest BCUT2D eigenvalue weighted by molar-refractivity contribution is -0.137. The fraction of sp³-hybridized carbons (Fsp3) is 0.231. The van der Waals surface area contributed by atoms with E-state index in [9.17, 15) is 18.0 Å². The molecule has 0 saturated heterocycles. The fourth-order valence-corrected chi connectivity index (χ4v) is 1.73. The van der Waals surface area contributed by atoms with Gasteiger partial charge in [-0.05, 0) is 17.7 Å². The zero-order valence-corrected chi connectivity index (χ0v) is 10.9. The van der Waals surface area contributed by atoms with Crippen molar-refractivity contribution in [3.63, 3.8) is 0 Å². The van der Waals surface area contributed by atoms with Crippen molar-refractivity contribution in [1.82, 2.24) is 15.1 Å². The lowest BCUT2D eigenvalue weighted by atomic mass is 10.1. The van der Waals surface area contributed by atoms with Gasteiger partial charge in [-0.1, -0.05) is 12.1 Å². The van der Waals surface area contributed by atoms with Crippen LogP contribution in [-0.4, -0.2) is 15.7 Å². The number of halogens is 3. The van der Waals surface area contributed by atoms with Gasteiger partial charge < -0.3 is 11.1 Å². The van der Waals surface area contributed by atoms with Crippen molar-refractivity contribution in [2.45, 2.75) is 19.3 Å². The molecule has 8 heteroatoms. The van der Waals surface area contributed by atoms with Crippen molar-refractivity contribution < 1.29 is 18.0 Å². The number of nitrogen functional groups attached to an aromatic ring is 1. The summed E-state index contributed by atoms with van der Waals surface area (Å²) in [7, 11) is 0. The van der Waals surface area contributed by atoms with Gasteiger partial charge >= 0.3 is 6.18 Å². The SMILES string of the molecule is Nc1cnn(CC(=O)NCc2cccc(C(F)(F)F)c2)c1. The molecule has 0 fully saturated rings. The third-order valence-corrected chi connectivity index (χ3v) is 2.70. The van der Waals surface area contributed by atoms with E-state index in [2.05, 4.69) is 10.4 Å². The number of carbonyl (C=O) groups excluding carboxylic acids is 1. The predicted octanol–water partition coefficient (Wildman–Crippen LogP) is 1.80. The first-order valence-corrected chi connectivity index (χ1v) is 6.05. The Balaban J connectivity index is 1.92. The molecule has 0 spiro atoms. The molecule has 3 N–H and O–H groups in total. The van der Waals surface area contributed by atoms with Crippen LogP contribution in [0.2, 0.25) is 0 Å². The zero-order chi connectivity index (χ0) is 15.5. The van der Waals surface area contributed by atoms with E-state index in [4.69, 9.17) is 5.73 Å². The molecule has 5 nitrogen and oxygen atoms in total. The summed E-state index contributed by atoms with van der Waals surface area (Å²) in [6, 6.07) is 4.81. The molecule has 2 aromatic rings. The van der Waals surface area contributed by atoms with Crippen LogP contribution in [0.3, 0.4) is 0 Å². The molecule has 21 heavy (non-hydrogen) atoms. The summed E-state index contributed by atoms with van der Waals surface area (Å²) in [6.07, 6.45) is -1.50. The number of nitrogens with two attached hydrogens (primary N) is 1. The molecule has 0 bridgehead atoms. The van der Waals surface area contributed by atoms with Crippen molar-refractivity contribution in [2.24, 2.45) is 0 Å². The average Bonchev–Trinajstić information content (AvgIpc) is 2.81. The number of nitrogens with one attached hydrogen (secondary N) is 1. The zero-order valence-electron chi connectivity index (χ0n) is 10.9. The Morgan fingerprint density at radius 1 is 1.38 bits per heavy atom. The van der Waals surface area contributed by atoms with Crippen LogP contribution in [0.25, 0.3) is 0 Å². The van der Waals surface area contributed by atoms with Gasteiger partial charge in [0.25, 0.3) is 0 Å². The van der Waals surface area contributed by atoms with Gasteiger partial charge in [-0.25, -0.2) is 0 Å². The van der Waals surface area contributed by atoms with Crippen LogP contribution in [0, 0.1) is 0 Å². The Morgan fingerprint density at radius 2 is 2.14 bits per heavy atom. The highest BCUT2D eigenvalue weighted by molar-refractivity contribution is 5.75. The minimum absolute atomic E-state index is 0.0134. The van der Waals surface area contributed by atoms with Crippen molar-refractivity contribution in [1.29, 1.82) is 0 Å². The lowest BCUT2D eigenvalue weighted by Gasteiger charge is -2.09. The summed E-state index contributed by atoms with van der Waals surface area (Å²) in [6.45, 7) is -0.0321. The van der Waals surface area contributed by atoms with Crippen LogP contribution in [0.15, 0.2) is 36.7 Å². The van der Waals surface area contributed by atoms with Gasteiger partial charge in [-0.2, -0.15) is 18.3 Å². The largest absolute Gasteiger partial charge is 0.416 e. The van der Waals surface area contributed by atoms with E-state index >= 15 is 0 Å². The molecular weight excluding hydrogens is 285 g/mol. The summed E-state index contributed by atoms with van der Waals surface area (Å²) < 4.78 is 39.0. The highest BCUT2D eigenvalue weighted by Gasteiger charge is 2.30. The van der Waals surface area contributed by atoms with E-state index in [1.54, 1.807) is 0 Å². The van der Waals surface area contributed by atoms with E-state index in [-0.39, 0.29) is 19.0 Å². The van der Waals surface area contributed by atoms with Gasteiger partial charge in [0.15, 0.2) is 0 Å². The minimum Gasteiger partial charge on any atom is -0.396 e. The van der Waals surface area contributed by atoms with E-state index in [1.807, 2.05) is 0 Å². The Bertz CT molecular complexity index is 636. The average molecular weight is 298 g/mol.